The lowest BCUT2D eigenvalue weighted by molar-refractivity contribution is 0.823. The van der Waals surface area contributed by atoms with Gasteiger partial charge in [0.25, 0.3) is 0 Å². The van der Waals surface area contributed by atoms with Crippen LogP contribution in [0.2, 0.25) is 5.15 Å². The van der Waals surface area contributed by atoms with E-state index in [0.29, 0.717) is 11.1 Å². The van der Waals surface area contributed by atoms with Gasteiger partial charge in [0.05, 0.1) is 5.69 Å². The minimum atomic E-state index is 0.424. The highest BCUT2D eigenvalue weighted by Gasteiger charge is 2.04. The van der Waals surface area contributed by atoms with Gasteiger partial charge in [0.2, 0.25) is 0 Å². The number of hydrogen-bond donors (Lipinski definition) is 1. The van der Waals surface area contributed by atoms with Crippen LogP contribution in [0.5, 0.6) is 0 Å². The van der Waals surface area contributed by atoms with Crippen LogP contribution in [0.1, 0.15) is 39.3 Å². The third-order valence-electron chi connectivity index (χ3n) is 1.73. The molecule has 14 heavy (non-hydrogen) atoms. The highest BCUT2D eigenvalue weighted by atomic mass is 35.5. The number of hydrogen-bond acceptors (Lipinski definition) is 2. The molecule has 0 spiro atoms. The maximum atomic E-state index is 5.90. The molecule has 1 aromatic heterocycles. The van der Waals surface area contributed by atoms with Crippen LogP contribution in [-0.2, 0) is 0 Å². The monoisotopic (exact) mass is 214 g/mol. The van der Waals surface area contributed by atoms with Crippen molar-refractivity contribution < 1.29 is 0 Å². The third kappa shape index (κ3) is 3.54. The van der Waals surface area contributed by atoms with Gasteiger partial charge in [-0.3, -0.25) is 0 Å². The summed E-state index contributed by atoms with van der Waals surface area (Å²) in [7, 11) is 1.83. The summed E-state index contributed by atoms with van der Waals surface area (Å²) in [6.45, 7) is 8.19. The van der Waals surface area contributed by atoms with Crippen molar-refractivity contribution in [2.75, 3.05) is 12.4 Å². The summed E-state index contributed by atoms with van der Waals surface area (Å²) in [5.41, 5.74) is 1.90. The van der Waals surface area contributed by atoms with Gasteiger partial charge in [-0.25, -0.2) is 4.98 Å². The van der Waals surface area contributed by atoms with Gasteiger partial charge in [-0.1, -0.05) is 39.3 Å². The Bertz CT molecular complexity index is 272. The van der Waals surface area contributed by atoms with Gasteiger partial charge in [0.15, 0.2) is 5.15 Å². The number of anilines is 1. The first kappa shape index (κ1) is 13.2. The van der Waals surface area contributed by atoms with Crippen molar-refractivity contribution in [2.45, 2.75) is 33.6 Å². The Morgan fingerprint density at radius 1 is 1.29 bits per heavy atom. The molecule has 0 aliphatic heterocycles. The van der Waals surface area contributed by atoms with Gasteiger partial charge < -0.3 is 5.32 Å². The molecule has 0 atom stereocenters. The van der Waals surface area contributed by atoms with Gasteiger partial charge in [-0.15, -0.1) is 0 Å². The van der Waals surface area contributed by atoms with E-state index >= 15 is 0 Å². The van der Waals surface area contributed by atoms with Crippen molar-refractivity contribution in [3.05, 3.63) is 23.0 Å². The minimum Gasteiger partial charge on any atom is -0.386 e. The lowest BCUT2D eigenvalue weighted by Crippen LogP contribution is -1.96. The van der Waals surface area contributed by atoms with E-state index in [9.17, 15) is 0 Å². The number of pyridine rings is 1. The van der Waals surface area contributed by atoms with Crippen LogP contribution in [0.15, 0.2) is 12.1 Å². The first-order valence-electron chi connectivity index (χ1n) is 4.99. The first-order valence-corrected chi connectivity index (χ1v) is 5.37. The van der Waals surface area contributed by atoms with E-state index < -0.39 is 0 Å². The van der Waals surface area contributed by atoms with Gasteiger partial charge >= 0.3 is 0 Å². The van der Waals surface area contributed by atoms with Gasteiger partial charge in [-0.2, -0.15) is 0 Å². The Morgan fingerprint density at radius 2 is 1.86 bits per heavy atom. The molecule has 0 saturated heterocycles. The number of rotatable bonds is 2. The lowest BCUT2D eigenvalue weighted by atomic mass is 10.1. The van der Waals surface area contributed by atoms with E-state index in [4.69, 9.17) is 11.6 Å². The van der Waals surface area contributed by atoms with Crippen molar-refractivity contribution in [2.24, 2.45) is 0 Å². The van der Waals surface area contributed by atoms with E-state index in [-0.39, 0.29) is 0 Å². The normalized spacial score (nSPS) is 9.36. The zero-order valence-electron chi connectivity index (χ0n) is 9.56. The fourth-order valence-corrected chi connectivity index (χ4v) is 1.21. The van der Waals surface area contributed by atoms with Crippen LogP contribution in [0, 0.1) is 0 Å². The molecule has 80 valence electrons. The standard InChI is InChI=1S/C9H13ClN2.C2H6/c1-6(2)7-4-5-8(11-3)9(10)12-7;1-2/h4-6,11H,1-3H3;1-2H3. The maximum absolute atomic E-state index is 5.90. The average molecular weight is 215 g/mol. The molecule has 0 aliphatic carbocycles. The van der Waals surface area contributed by atoms with Crippen LogP contribution in [0.4, 0.5) is 5.69 Å². The molecular weight excluding hydrogens is 196 g/mol. The molecule has 0 aromatic carbocycles. The molecule has 1 aromatic rings. The van der Waals surface area contributed by atoms with Crippen LogP contribution in [0.25, 0.3) is 0 Å². The van der Waals surface area contributed by atoms with Crippen molar-refractivity contribution in [1.82, 2.24) is 4.98 Å². The fourth-order valence-electron chi connectivity index (χ4n) is 0.956. The second-order valence-electron chi connectivity index (χ2n) is 2.98. The molecule has 0 fully saturated rings. The SMILES string of the molecule is CC.CNc1ccc(C(C)C)nc1Cl. The van der Waals surface area contributed by atoms with Gasteiger partial charge in [0, 0.05) is 12.7 Å². The molecule has 0 aliphatic rings. The molecule has 1 N–H and O–H groups in total. The van der Waals surface area contributed by atoms with E-state index in [2.05, 4.69) is 24.1 Å². The maximum Gasteiger partial charge on any atom is 0.152 e. The smallest absolute Gasteiger partial charge is 0.152 e. The van der Waals surface area contributed by atoms with E-state index in [0.717, 1.165) is 11.4 Å². The molecule has 0 unspecified atom stereocenters. The summed E-state index contributed by atoms with van der Waals surface area (Å²) in [4.78, 5) is 4.25. The Balaban J connectivity index is 0.000000791. The zero-order valence-corrected chi connectivity index (χ0v) is 10.3. The topological polar surface area (TPSA) is 24.9 Å². The summed E-state index contributed by atoms with van der Waals surface area (Å²) in [5.74, 6) is 0.424. The molecule has 0 radical (unpaired) electrons. The highest BCUT2D eigenvalue weighted by Crippen LogP contribution is 2.21. The summed E-state index contributed by atoms with van der Waals surface area (Å²) in [6.07, 6.45) is 0. The third-order valence-corrected chi connectivity index (χ3v) is 2.02. The lowest BCUT2D eigenvalue weighted by Gasteiger charge is -2.07. The summed E-state index contributed by atoms with van der Waals surface area (Å²) >= 11 is 5.90. The second kappa shape index (κ2) is 6.66. The number of halogens is 1. The fraction of sp³-hybridized carbons (Fsp3) is 0.545. The van der Waals surface area contributed by atoms with Crippen LogP contribution >= 0.6 is 11.6 Å². The van der Waals surface area contributed by atoms with E-state index in [1.807, 2.05) is 33.0 Å². The predicted octanol–water partition coefficient (Wildman–Crippen LogP) is 3.93. The molecule has 0 bridgehead atoms. The van der Waals surface area contributed by atoms with Crippen LogP contribution < -0.4 is 5.32 Å². The molecule has 1 heterocycles. The van der Waals surface area contributed by atoms with E-state index in [1.54, 1.807) is 0 Å². The Kier molecular flexibility index (Phi) is 6.30. The molecule has 0 saturated carbocycles. The van der Waals surface area contributed by atoms with Crippen LogP contribution in [-0.4, -0.2) is 12.0 Å². The molecule has 1 rings (SSSR count). The number of nitrogens with one attached hydrogen (secondary N) is 1. The van der Waals surface area contributed by atoms with Crippen molar-refractivity contribution in [1.29, 1.82) is 0 Å². The van der Waals surface area contributed by atoms with Gasteiger partial charge in [0.1, 0.15) is 0 Å². The Morgan fingerprint density at radius 3 is 2.21 bits per heavy atom. The summed E-state index contributed by atoms with van der Waals surface area (Å²) in [6, 6.07) is 3.94. The first-order chi connectivity index (χ1) is 6.65. The quantitative estimate of drug-likeness (QED) is 0.755. The molecule has 2 nitrogen and oxygen atoms in total. The van der Waals surface area contributed by atoms with Crippen LogP contribution in [0.3, 0.4) is 0 Å². The van der Waals surface area contributed by atoms with Crippen molar-refractivity contribution >= 4 is 17.3 Å². The summed E-state index contributed by atoms with van der Waals surface area (Å²) < 4.78 is 0. The minimum absolute atomic E-state index is 0.424. The number of nitrogens with zero attached hydrogens (tertiary/aromatic N) is 1. The number of aromatic nitrogens is 1. The van der Waals surface area contributed by atoms with Crippen molar-refractivity contribution in [3.63, 3.8) is 0 Å². The predicted molar refractivity (Wildman–Crippen MR) is 64.2 cm³/mol. The Labute approximate surface area is 91.7 Å². The zero-order chi connectivity index (χ0) is 11.1. The van der Waals surface area contributed by atoms with Crippen molar-refractivity contribution in [3.8, 4) is 0 Å². The second-order valence-corrected chi connectivity index (χ2v) is 3.34. The molecule has 0 amide bonds. The van der Waals surface area contributed by atoms with E-state index in [1.165, 1.54) is 0 Å². The summed E-state index contributed by atoms with van der Waals surface area (Å²) in [5, 5.41) is 3.51. The average Bonchev–Trinajstić information content (AvgIpc) is 2.20. The molecule has 3 heteroatoms. The highest BCUT2D eigenvalue weighted by molar-refractivity contribution is 6.31. The largest absolute Gasteiger partial charge is 0.386 e. The Hall–Kier alpha value is -0.760. The van der Waals surface area contributed by atoms with Gasteiger partial charge in [-0.05, 0) is 18.1 Å². The molecular formula is C11H19ClN2.